The number of piperidine rings is 1. The third-order valence-electron chi connectivity index (χ3n) is 4.59. The maximum atomic E-state index is 5.45. The predicted molar refractivity (Wildman–Crippen MR) is 91.6 cm³/mol. The van der Waals surface area contributed by atoms with Crippen LogP contribution < -0.4 is 0 Å². The van der Waals surface area contributed by atoms with Crippen LogP contribution in [-0.2, 0) is 19.5 Å². The Morgan fingerprint density at radius 2 is 2.12 bits per heavy atom. The molecule has 7 nitrogen and oxygen atoms in total. The van der Waals surface area contributed by atoms with E-state index in [0.717, 1.165) is 32.0 Å². The van der Waals surface area contributed by atoms with Gasteiger partial charge in [0, 0.05) is 19.5 Å². The fourth-order valence-electron chi connectivity index (χ4n) is 3.43. The summed E-state index contributed by atoms with van der Waals surface area (Å²) in [5.74, 6) is 2.03. The van der Waals surface area contributed by atoms with E-state index in [-0.39, 0.29) is 0 Å². The second-order valence-electron chi connectivity index (χ2n) is 6.63. The van der Waals surface area contributed by atoms with Crippen molar-refractivity contribution in [1.82, 2.24) is 29.8 Å². The van der Waals surface area contributed by atoms with E-state index in [1.807, 2.05) is 22.9 Å². The van der Waals surface area contributed by atoms with Gasteiger partial charge in [-0.15, -0.1) is 0 Å². The Balaban J connectivity index is 1.32. The Morgan fingerprint density at radius 3 is 2.96 bits per heavy atom. The number of hydrogen-bond acceptors (Lipinski definition) is 6. The first-order valence-corrected chi connectivity index (χ1v) is 8.75. The Kier molecular flexibility index (Phi) is 4.83. The Morgan fingerprint density at radius 1 is 1.20 bits per heavy atom. The third kappa shape index (κ3) is 4.30. The predicted octanol–water partition coefficient (Wildman–Crippen LogP) is 2.16. The molecule has 7 heteroatoms. The van der Waals surface area contributed by atoms with Crippen LogP contribution in [0.1, 0.15) is 30.1 Å². The zero-order valence-corrected chi connectivity index (χ0v) is 14.2. The molecular formula is C18H22N6O. The zero-order chi connectivity index (χ0) is 16.9. The van der Waals surface area contributed by atoms with Crippen LogP contribution >= 0.6 is 0 Å². The van der Waals surface area contributed by atoms with Gasteiger partial charge in [0.25, 0.3) is 0 Å². The van der Waals surface area contributed by atoms with Crippen LogP contribution in [-0.4, -0.2) is 42.9 Å². The van der Waals surface area contributed by atoms with Gasteiger partial charge < -0.3 is 4.52 Å². The summed E-state index contributed by atoms with van der Waals surface area (Å²) in [6, 6.07) is 10.2. The number of aromatic nitrogens is 5. The summed E-state index contributed by atoms with van der Waals surface area (Å²) in [6.07, 6.45) is 6.49. The van der Waals surface area contributed by atoms with Crippen LogP contribution in [0.15, 0.2) is 47.5 Å². The molecule has 0 radical (unpaired) electrons. The standard InChI is InChI=1S/C18H22N6O/c1-2-5-15(6-3-1)9-17-21-18(25-22-17)12-23-8-4-7-16(10-23)11-24-14-19-13-20-24/h1-3,5-6,13-14,16H,4,7-12H2. The summed E-state index contributed by atoms with van der Waals surface area (Å²) < 4.78 is 7.37. The van der Waals surface area contributed by atoms with Gasteiger partial charge in [-0.05, 0) is 30.9 Å². The molecular weight excluding hydrogens is 316 g/mol. The largest absolute Gasteiger partial charge is 0.338 e. The van der Waals surface area contributed by atoms with Crippen LogP contribution in [0.5, 0.6) is 0 Å². The zero-order valence-electron chi connectivity index (χ0n) is 14.2. The van der Waals surface area contributed by atoms with Gasteiger partial charge in [-0.1, -0.05) is 35.5 Å². The lowest BCUT2D eigenvalue weighted by Gasteiger charge is -2.31. The number of likely N-dealkylation sites (tertiary alicyclic amines) is 1. The van der Waals surface area contributed by atoms with E-state index in [0.29, 0.717) is 18.2 Å². The van der Waals surface area contributed by atoms with Crippen LogP contribution in [0.25, 0.3) is 0 Å². The Hall–Kier alpha value is -2.54. The summed E-state index contributed by atoms with van der Waals surface area (Å²) in [6.45, 7) is 3.73. The molecule has 1 atom stereocenters. The second kappa shape index (κ2) is 7.57. The van der Waals surface area contributed by atoms with E-state index in [9.17, 15) is 0 Å². The molecule has 1 saturated heterocycles. The first-order chi connectivity index (χ1) is 12.3. The van der Waals surface area contributed by atoms with Crippen molar-refractivity contribution in [1.29, 1.82) is 0 Å². The van der Waals surface area contributed by atoms with Crippen molar-refractivity contribution in [2.45, 2.75) is 32.4 Å². The molecule has 0 aliphatic carbocycles. The average Bonchev–Trinajstić information content (AvgIpc) is 3.29. The Bertz CT molecular complexity index is 770. The maximum Gasteiger partial charge on any atom is 0.240 e. The smallest absolute Gasteiger partial charge is 0.240 e. The fraction of sp³-hybridized carbons (Fsp3) is 0.444. The van der Waals surface area contributed by atoms with E-state index < -0.39 is 0 Å². The summed E-state index contributed by atoms with van der Waals surface area (Å²) in [5.41, 5.74) is 1.20. The van der Waals surface area contributed by atoms with Crippen LogP contribution in [0, 0.1) is 5.92 Å². The lowest BCUT2D eigenvalue weighted by Crippen LogP contribution is -2.36. The van der Waals surface area contributed by atoms with Crippen molar-refractivity contribution in [3.8, 4) is 0 Å². The fourth-order valence-corrected chi connectivity index (χ4v) is 3.43. The molecule has 0 spiro atoms. The molecule has 1 aliphatic rings. The molecule has 1 unspecified atom stereocenters. The number of hydrogen-bond donors (Lipinski definition) is 0. The molecule has 1 aromatic carbocycles. The maximum absolute atomic E-state index is 5.45. The van der Waals surface area contributed by atoms with Crippen molar-refractivity contribution in [3.63, 3.8) is 0 Å². The van der Waals surface area contributed by atoms with Gasteiger partial charge in [0.2, 0.25) is 5.89 Å². The molecule has 0 saturated carbocycles. The van der Waals surface area contributed by atoms with Gasteiger partial charge in [-0.2, -0.15) is 10.1 Å². The highest BCUT2D eigenvalue weighted by Crippen LogP contribution is 2.19. The van der Waals surface area contributed by atoms with E-state index in [4.69, 9.17) is 4.52 Å². The Labute approximate surface area is 146 Å². The van der Waals surface area contributed by atoms with Crippen molar-refractivity contribution in [2.75, 3.05) is 13.1 Å². The quantitative estimate of drug-likeness (QED) is 0.686. The summed E-state index contributed by atoms with van der Waals surface area (Å²) in [7, 11) is 0. The normalized spacial score (nSPS) is 18.5. The summed E-state index contributed by atoms with van der Waals surface area (Å²) in [4.78, 5) is 11.0. The lowest BCUT2D eigenvalue weighted by molar-refractivity contribution is 0.138. The molecule has 0 N–H and O–H groups in total. The minimum absolute atomic E-state index is 0.585. The first kappa shape index (κ1) is 16.0. The molecule has 130 valence electrons. The summed E-state index contributed by atoms with van der Waals surface area (Å²) in [5, 5.41) is 8.33. The molecule has 4 rings (SSSR count). The number of rotatable bonds is 6. The minimum Gasteiger partial charge on any atom is -0.338 e. The topological polar surface area (TPSA) is 72.9 Å². The molecule has 0 bridgehead atoms. The highest BCUT2D eigenvalue weighted by Gasteiger charge is 2.22. The minimum atomic E-state index is 0.585. The highest BCUT2D eigenvalue weighted by molar-refractivity contribution is 5.18. The van der Waals surface area contributed by atoms with Crippen molar-refractivity contribution >= 4 is 0 Å². The van der Waals surface area contributed by atoms with E-state index in [1.54, 1.807) is 12.7 Å². The monoisotopic (exact) mass is 338 g/mol. The molecule has 1 aliphatic heterocycles. The van der Waals surface area contributed by atoms with Gasteiger partial charge in [-0.3, -0.25) is 9.58 Å². The van der Waals surface area contributed by atoms with Crippen LogP contribution in [0.2, 0.25) is 0 Å². The molecule has 2 aromatic heterocycles. The molecule has 25 heavy (non-hydrogen) atoms. The molecule has 1 fully saturated rings. The molecule has 3 heterocycles. The SMILES string of the molecule is c1ccc(Cc2noc(CN3CCCC(Cn4cncn4)C3)n2)cc1. The first-order valence-electron chi connectivity index (χ1n) is 8.75. The third-order valence-corrected chi connectivity index (χ3v) is 4.59. The van der Waals surface area contributed by atoms with Gasteiger partial charge in [0.15, 0.2) is 5.82 Å². The van der Waals surface area contributed by atoms with Gasteiger partial charge in [0.1, 0.15) is 12.7 Å². The van der Waals surface area contributed by atoms with Crippen LogP contribution in [0.3, 0.4) is 0 Å². The summed E-state index contributed by atoms with van der Waals surface area (Å²) >= 11 is 0. The number of benzene rings is 1. The highest BCUT2D eigenvalue weighted by atomic mass is 16.5. The van der Waals surface area contributed by atoms with Gasteiger partial charge in [-0.25, -0.2) is 4.98 Å². The van der Waals surface area contributed by atoms with E-state index >= 15 is 0 Å². The average molecular weight is 338 g/mol. The number of nitrogens with zero attached hydrogens (tertiary/aromatic N) is 6. The van der Waals surface area contributed by atoms with Crippen molar-refractivity contribution in [2.24, 2.45) is 5.92 Å². The van der Waals surface area contributed by atoms with E-state index in [1.165, 1.54) is 18.4 Å². The second-order valence-corrected chi connectivity index (χ2v) is 6.63. The van der Waals surface area contributed by atoms with Gasteiger partial charge >= 0.3 is 0 Å². The van der Waals surface area contributed by atoms with E-state index in [2.05, 4.69) is 37.3 Å². The van der Waals surface area contributed by atoms with Crippen molar-refractivity contribution in [3.05, 3.63) is 60.3 Å². The lowest BCUT2D eigenvalue weighted by atomic mass is 9.98. The van der Waals surface area contributed by atoms with Crippen LogP contribution in [0.4, 0.5) is 0 Å². The van der Waals surface area contributed by atoms with Gasteiger partial charge in [0.05, 0.1) is 6.54 Å². The molecule has 3 aromatic rings. The van der Waals surface area contributed by atoms with Crippen molar-refractivity contribution < 1.29 is 4.52 Å². The molecule has 0 amide bonds.